The summed E-state index contributed by atoms with van der Waals surface area (Å²) >= 11 is 0. The maximum Gasteiger partial charge on any atom is 0.144 e. The van der Waals surface area contributed by atoms with E-state index in [1.807, 2.05) is 0 Å². The maximum absolute atomic E-state index is 7.08. The monoisotopic (exact) mass is 634 g/mol. The van der Waals surface area contributed by atoms with Gasteiger partial charge in [0.2, 0.25) is 0 Å². The maximum atomic E-state index is 7.08. The van der Waals surface area contributed by atoms with Crippen LogP contribution in [0.15, 0.2) is 167 Å². The van der Waals surface area contributed by atoms with Crippen molar-refractivity contribution in [2.24, 2.45) is 0 Å². The first-order chi connectivity index (χ1) is 24.8. The molecule has 230 valence electrons. The number of hydrogen-bond acceptors (Lipinski definition) is 2. The lowest BCUT2D eigenvalue weighted by molar-refractivity contribution is 0.667. The number of rotatable bonds is 2. The third-order valence-electron chi connectivity index (χ3n) is 11.0. The zero-order valence-corrected chi connectivity index (χ0v) is 26.8. The molecule has 0 N–H and O–H groups in total. The summed E-state index contributed by atoms with van der Waals surface area (Å²) in [6.07, 6.45) is 0. The van der Waals surface area contributed by atoms with Gasteiger partial charge in [-0.2, -0.15) is 0 Å². The highest BCUT2D eigenvalue weighted by Gasteiger charge is 2.23. The third-order valence-corrected chi connectivity index (χ3v) is 11.0. The summed E-state index contributed by atoms with van der Waals surface area (Å²) in [6, 6.07) is 57.1. The predicted molar refractivity (Wildman–Crippen MR) is 211 cm³/mol. The fourth-order valence-electron chi connectivity index (χ4n) is 8.71. The summed E-state index contributed by atoms with van der Waals surface area (Å²) in [6.45, 7) is 0. The Balaban J connectivity index is 1.21. The minimum atomic E-state index is 0.873. The largest absolute Gasteiger partial charge is 0.455 e. The normalized spacial score (nSPS) is 12.4. The second-order valence-corrected chi connectivity index (χ2v) is 13.6. The van der Waals surface area contributed by atoms with Crippen LogP contribution in [0.4, 0.5) is 0 Å². The van der Waals surface area contributed by atoms with Gasteiger partial charge in [-0.15, -0.1) is 0 Å². The fourth-order valence-corrected chi connectivity index (χ4v) is 8.71. The lowest BCUT2D eigenvalue weighted by Gasteiger charge is -2.15. The van der Waals surface area contributed by atoms with Gasteiger partial charge in [0.1, 0.15) is 22.3 Å². The Morgan fingerprint density at radius 1 is 0.260 bits per heavy atom. The zero-order chi connectivity index (χ0) is 32.5. The van der Waals surface area contributed by atoms with Gasteiger partial charge in [-0.1, -0.05) is 133 Å². The standard InChI is InChI=1S/C48H26O2/c1-2-9-32-26-42-41(25-31(32)8-1)38-14-6-13-37(47(38)49-42)39-24-23-36(45-40-22-17-27-7-3-4-12-33(27)46(40)50-48(39)45)34-20-18-30-16-15-28-10-5-11-29-19-21-35(34)44(30)43(28)29/h1-26H. The van der Waals surface area contributed by atoms with Crippen LogP contribution in [0.5, 0.6) is 0 Å². The molecule has 0 radical (unpaired) electrons. The smallest absolute Gasteiger partial charge is 0.144 e. The SMILES string of the molecule is c1ccc2cc3c(cc2c1)oc1c(-c2ccc(-c4ccc5ccc6cccc7ccc4c5c67)c4c2oc2c5ccccc5ccc24)cccc13. The molecule has 10 aromatic carbocycles. The van der Waals surface area contributed by atoms with E-state index in [9.17, 15) is 0 Å². The molecule has 12 rings (SSSR count). The van der Waals surface area contributed by atoms with Crippen LogP contribution >= 0.6 is 0 Å². The van der Waals surface area contributed by atoms with Crippen LogP contribution in [0.25, 0.3) is 120 Å². The van der Waals surface area contributed by atoms with Gasteiger partial charge in [-0.3, -0.25) is 0 Å². The van der Waals surface area contributed by atoms with Crippen molar-refractivity contribution < 1.29 is 8.83 Å². The van der Waals surface area contributed by atoms with E-state index in [-0.39, 0.29) is 0 Å². The molecule has 0 saturated heterocycles. The summed E-state index contributed by atoms with van der Waals surface area (Å²) in [4.78, 5) is 0. The van der Waals surface area contributed by atoms with Gasteiger partial charge in [-0.25, -0.2) is 0 Å². The average Bonchev–Trinajstić information content (AvgIpc) is 3.75. The molecular weight excluding hydrogens is 609 g/mol. The van der Waals surface area contributed by atoms with E-state index in [1.54, 1.807) is 0 Å². The van der Waals surface area contributed by atoms with E-state index in [2.05, 4.69) is 158 Å². The van der Waals surface area contributed by atoms with E-state index in [1.165, 1.54) is 54.2 Å². The van der Waals surface area contributed by atoms with Gasteiger partial charge in [0, 0.05) is 38.1 Å². The first-order valence-electron chi connectivity index (χ1n) is 17.2. The lowest BCUT2D eigenvalue weighted by Crippen LogP contribution is -1.89. The van der Waals surface area contributed by atoms with Crippen LogP contribution in [0.1, 0.15) is 0 Å². The number of hydrogen-bond donors (Lipinski definition) is 0. The van der Waals surface area contributed by atoms with Crippen LogP contribution in [0.2, 0.25) is 0 Å². The molecule has 0 unspecified atom stereocenters. The van der Waals surface area contributed by atoms with Crippen molar-refractivity contribution >= 4 is 97.7 Å². The van der Waals surface area contributed by atoms with Crippen LogP contribution in [-0.4, -0.2) is 0 Å². The van der Waals surface area contributed by atoms with Crippen molar-refractivity contribution in [3.05, 3.63) is 158 Å². The van der Waals surface area contributed by atoms with Gasteiger partial charge >= 0.3 is 0 Å². The highest BCUT2D eigenvalue weighted by atomic mass is 16.3. The van der Waals surface area contributed by atoms with Gasteiger partial charge in [0.15, 0.2) is 0 Å². The number of para-hydroxylation sites is 1. The van der Waals surface area contributed by atoms with E-state index in [0.29, 0.717) is 0 Å². The lowest BCUT2D eigenvalue weighted by atomic mass is 9.87. The minimum absolute atomic E-state index is 0.873. The van der Waals surface area contributed by atoms with Crippen LogP contribution in [0, 0.1) is 0 Å². The molecule has 0 fully saturated rings. The van der Waals surface area contributed by atoms with Crippen molar-refractivity contribution in [3.8, 4) is 22.3 Å². The van der Waals surface area contributed by atoms with E-state index >= 15 is 0 Å². The third kappa shape index (κ3) is 3.42. The Morgan fingerprint density at radius 2 is 0.860 bits per heavy atom. The van der Waals surface area contributed by atoms with Crippen LogP contribution in [-0.2, 0) is 0 Å². The quantitative estimate of drug-likeness (QED) is 0.177. The summed E-state index contributed by atoms with van der Waals surface area (Å²) in [5.41, 5.74) is 7.97. The molecule has 2 heterocycles. The molecule has 0 aliphatic carbocycles. The van der Waals surface area contributed by atoms with Crippen molar-refractivity contribution in [2.45, 2.75) is 0 Å². The Morgan fingerprint density at radius 3 is 1.74 bits per heavy atom. The van der Waals surface area contributed by atoms with Gasteiger partial charge in [0.25, 0.3) is 0 Å². The van der Waals surface area contributed by atoms with Gasteiger partial charge in [0.05, 0.1) is 0 Å². The Labute approximate surface area is 285 Å². The molecule has 2 nitrogen and oxygen atoms in total. The summed E-state index contributed by atoms with van der Waals surface area (Å²) in [7, 11) is 0. The molecule has 12 aromatic rings. The summed E-state index contributed by atoms with van der Waals surface area (Å²) in [5, 5.41) is 16.8. The second kappa shape index (κ2) is 9.49. The molecule has 50 heavy (non-hydrogen) atoms. The average molecular weight is 635 g/mol. The van der Waals surface area contributed by atoms with Crippen LogP contribution in [0.3, 0.4) is 0 Å². The Hall–Kier alpha value is -6.64. The number of fused-ring (bicyclic) bond motifs is 9. The van der Waals surface area contributed by atoms with Crippen molar-refractivity contribution in [3.63, 3.8) is 0 Å². The zero-order valence-electron chi connectivity index (χ0n) is 26.8. The molecule has 0 saturated carbocycles. The molecule has 0 bridgehead atoms. The predicted octanol–water partition coefficient (Wildman–Crippen LogP) is 14.0. The molecular formula is C48H26O2. The molecule has 0 atom stereocenters. The molecule has 0 aliphatic rings. The first kappa shape index (κ1) is 26.3. The number of furan rings is 2. The fraction of sp³-hybridized carbons (Fsp3) is 0. The van der Waals surface area contributed by atoms with Crippen molar-refractivity contribution in [1.29, 1.82) is 0 Å². The molecule has 0 spiro atoms. The molecule has 0 aliphatic heterocycles. The Bertz CT molecular complexity index is 3360. The van der Waals surface area contributed by atoms with E-state index in [4.69, 9.17) is 8.83 Å². The van der Waals surface area contributed by atoms with Crippen molar-refractivity contribution in [2.75, 3.05) is 0 Å². The molecule has 0 amide bonds. The highest BCUT2D eigenvalue weighted by Crippen LogP contribution is 2.48. The van der Waals surface area contributed by atoms with Crippen molar-refractivity contribution in [1.82, 2.24) is 0 Å². The van der Waals surface area contributed by atoms with E-state index < -0.39 is 0 Å². The second-order valence-electron chi connectivity index (χ2n) is 13.6. The highest BCUT2D eigenvalue weighted by molar-refractivity contribution is 6.29. The summed E-state index contributed by atoms with van der Waals surface area (Å²) in [5.74, 6) is 0. The van der Waals surface area contributed by atoms with Gasteiger partial charge in [-0.05, 0) is 83.9 Å². The first-order valence-corrected chi connectivity index (χ1v) is 17.2. The summed E-state index contributed by atoms with van der Waals surface area (Å²) < 4.78 is 13.8. The topological polar surface area (TPSA) is 26.3 Å². The van der Waals surface area contributed by atoms with E-state index in [0.717, 1.165) is 65.8 Å². The Kier molecular flexibility index (Phi) is 5.00. The van der Waals surface area contributed by atoms with Crippen LogP contribution < -0.4 is 0 Å². The minimum Gasteiger partial charge on any atom is -0.455 e. The molecule has 2 aromatic heterocycles. The van der Waals surface area contributed by atoms with Gasteiger partial charge < -0.3 is 8.83 Å². The number of benzene rings is 10. The molecule has 2 heteroatoms.